The lowest BCUT2D eigenvalue weighted by Crippen LogP contribution is -2.78. The van der Waals surface area contributed by atoms with Crippen molar-refractivity contribution in [1.82, 2.24) is 0 Å². The Hall–Kier alpha value is -2.36. The van der Waals surface area contributed by atoms with Crippen molar-refractivity contribution in [2.45, 2.75) is 83.8 Å². The minimum atomic E-state index is -9.67. The summed E-state index contributed by atoms with van der Waals surface area (Å²) in [4.78, 5) is 10.8. The molecule has 0 aliphatic carbocycles. The van der Waals surface area contributed by atoms with Gasteiger partial charge in [0.05, 0.1) is 14.1 Å². The second kappa shape index (κ2) is 11.3. The van der Waals surface area contributed by atoms with Crippen molar-refractivity contribution in [2.24, 2.45) is 0 Å². The summed E-state index contributed by atoms with van der Waals surface area (Å²) in [5.41, 5.74) is 0. The number of quaternary nitrogens is 1. The predicted octanol–water partition coefficient (Wildman–Crippen LogP) is 8.04. The molecular formula is C18H13F25NO3+. The maximum Gasteiger partial charge on any atom is 0.513 e. The number of aliphatic hydroxyl groups excluding tert-OH is 1. The normalized spacial score (nSPS) is 17.2. The molecule has 0 aromatic carbocycles. The average Bonchev–Trinajstić information content (AvgIpc) is 2.80. The van der Waals surface area contributed by atoms with Crippen molar-refractivity contribution in [2.75, 3.05) is 20.6 Å². The van der Waals surface area contributed by atoms with Gasteiger partial charge in [0, 0.05) is 6.42 Å². The molecule has 0 spiro atoms. The SMILES string of the molecule is C[N+](C)(CC(O)CC(F)(F)C(F)(F)C(F)(F)C(F)(F)C(F)(F)C(F)(F)C(F)(F)C(F)(F)C(F)(F)C(F)(F)C(F)(F)C(F)(F)F)C(=O)O. The fourth-order valence-electron chi connectivity index (χ4n) is 3.08. The van der Waals surface area contributed by atoms with Crippen LogP contribution in [0.15, 0.2) is 0 Å². The van der Waals surface area contributed by atoms with Gasteiger partial charge in [-0.15, -0.1) is 0 Å². The second-order valence-electron chi connectivity index (χ2n) is 9.95. The summed E-state index contributed by atoms with van der Waals surface area (Å²) in [5, 5.41) is 18.0. The van der Waals surface area contributed by atoms with Gasteiger partial charge in [0.15, 0.2) is 0 Å². The van der Waals surface area contributed by atoms with Gasteiger partial charge in [0.25, 0.3) is 0 Å². The molecule has 1 atom stereocenters. The zero-order chi connectivity index (χ0) is 39.1. The van der Waals surface area contributed by atoms with Crippen molar-refractivity contribution < 1.29 is 129 Å². The van der Waals surface area contributed by atoms with E-state index in [0.717, 1.165) is 0 Å². The van der Waals surface area contributed by atoms with E-state index in [2.05, 4.69) is 0 Å². The van der Waals surface area contributed by atoms with Crippen molar-refractivity contribution in [1.29, 1.82) is 0 Å². The zero-order valence-electron chi connectivity index (χ0n) is 21.7. The Kier molecular flexibility index (Phi) is 10.8. The smallest absolute Gasteiger partial charge is 0.435 e. The van der Waals surface area contributed by atoms with E-state index in [1.807, 2.05) is 0 Å². The van der Waals surface area contributed by atoms with Gasteiger partial charge in [-0.1, -0.05) is 0 Å². The first-order valence-electron chi connectivity index (χ1n) is 10.8. The molecule has 0 aliphatic heterocycles. The summed E-state index contributed by atoms with van der Waals surface area (Å²) in [6.07, 6.45) is -17.1. The minimum Gasteiger partial charge on any atom is -0.435 e. The molecule has 0 heterocycles. The van der Waals surface area contributed by atoms with Crippen molar-refractivity contribution in [3.8, 4) is 0 Å². The number of aliphatic hydroxyl groups is 1. The number of halogens is 25. The molecule has 47 heavy (non-hydrogen) atoms. The molecule has 0 saturated carbocycles. The van der Waals surface area contributed by atoms with Crippen molar-refractivity contribution in [3.63, 3.8) is 0 Å². The summed E-state index contributed by atoms with van der Waals surface area (Å²) < 4.78 is 334. The molecule has 0 bridgehead atoms. The summed E-state index contributed by atoms with van der Waals surface area (Å²) in [6.45, 7) is -1.77. The molecule has 0 rings (SSSR count). The van der Waals surface area contributed by atoms with Gasteiger partial charge >= 0.3 is 77.4 Å². The molecule has 2 N–H and O–H groups in total. The number of hydrogen-bond donors (Lipinski definition) is 2. The van der Waals surface area contributed by atoms with Gasteiger partial charge in [0.1, 0.15) is 12.6 Å². The number of carboxylic acid groups (broad SMARTS) is 1. The largest absolute Gasteiger partial charge is 0.513 e. The molecule has 29 heteroatoms. The number of alkyl halides is 25. The topological polar surface area (TPSA) is 57.5 Å². The quantitative estimate of drug-likeness (QED) is 0.139. The van der Waals surface area contributed by atoms with Crippen LogP contribution in [0, 0.1) is 0 Å². The third-order valence-corrected chi connectivity index (χ3v) is 6.04. The van der Waals surface area contributed by atoms with Crippen LogP contribution >= 0.6 is 0 Å². The summed E-state index contributed by atoms with van der Waals surface area (Å²) in [7, 11) is 0.875. The Bertz CT molecular complexity index is 1160. The number of hydrogen-bond acceptors (Lipinski definition) is 2. The van der Waals surface area contributed by atoms with Crippen LogP contribution in [0.3, 0.4) is 0 Å². The fraction of sp³-hybridized carbons (Fsp3) is 0.944. The van der Waals surface area contributed by atoms with Crippen LogP contribution in [0.25, 0.3) is 0 Å². The van der Waals surface area contributed by atoms with Crippen LogP contribution in [-0.2, 0) is 0 Å². The molecule has 0 radical (unpaired) electrons. The Morgan fingerprint density at radius 1 is 0.468 bits per heavy atom. The van der Waals surface area contributed by atoms with Crippen LogP contribution in [0.2, 0.25) is 0 Å². The predicted molar refractivity (Wildman–Crippen MR) is 96.1 cm³/mol. The lowest BCUT2D eigenvalue weighted by molar-refractivity contribution is -0.820. The van der Waals surface area contributed by atoms with E-state index in [9.17, 15) is 120 Å². The average molecular weight is 766 g/mol. The number of amides is 1. The van der Waals surface area contributed by atoms with Gasteiger partial charge in [-0.05, 0) is 0 Å². The summed E-state index contributed by atoms with van der Waals surface area (Å²) in [5.74, 6) is -99.7. The number of carbonyl (C=O) groups is 1. The maximum absolute atomic E-state index is 13.9. The summed E-state index contributed by atoms with van der Waals surface area (Å²) in [6, 6.07) is 0. The zero-order valence-corrected chi connectivity index (χ0v) is 21.7. The van der Waals surface area contributed by atoms with Gasteiger partial charge in [-0.3, -0.25) is 0 Å². The second-order valence-corrected chi connectivity index (χ2v) is 9.95. The molecule has 1 amide bonds. The number of nitrogens with zero attached hydrogens (tertiary/aromatic N) is 1. The Morgan fingerprint density at radius 3 is 0.894 bits per heavy atom. The van der Waals surface area contributed by atoms with Crippen molar-refractivity contribution >= 4 is 6.09 Å². The van der Waals surface area contributed by atoms with E-state index in [1.54, 1.807) is 0 Å². The van der Waals surface area contributed by atoms with Crippen LogP contribution in [-0.4, -0.2) is 119 Å². The molecule has 0 fully saturated rings. The molecule has 0 aromatic heterocycles. The van der Waals surface area contributed by atoms with Crippen LogP contribution in [0.5, 0.6) is 0 Å². The highest BCUT2D eigenvalue weighted by molar-refractivity contribution is 5.56. The van der Waals surface area contributed by atoms with E-state index in [1.165, 1.54) is 0 Å². The van der Waals surface area contributed by atoms with Crippen LogP contribution in [0.1, 0.15) is 6.42 Å². The third-order valence-electron chi connectivity index (χ3n) is 6.04. The standard InChI is InChI=1S/C18H12F25NO3/c1-44(2,6(46)47)4-5(45)3-7(19,20)8(21,22)9(23,24)10(25,26)11(27,28)12(29,30)13(31,32)14(33,34)15(35,36)16(37,38)17(39,40)18(41,42)43/h5,45H,3-4H2,1-2H3/p+1. The first-order valence-corrected chi connectivity index (χ1v) is 10.8. The lowest BCUT2D eigenvalue weighted by Gasteiger charge is -2.45. The van der Waals surface area contributed by atoms with Gasteiger partial charge in [-0.25, -0.2) is 4.48 Å². The van der Waals surface area contributed by atoms with E-state index < -0.39 is 101 Å². The molecule has 0 aromatic rings. The van der Waals surface area contributed by atoms with E-state index in [-0.39, 0.29) is 0 Å². The highest BCUT2D eigenvalue weighted by Crippen LogP contribution is 2.67. The third kappa shape index (κ3) is 5.96. The van der Waals surface area contributed by atoms with Crippen LogP contribution < -0.4 is 0 Å². The Morgan fingerprint density at radius 2 is 0.681 bits per heavy atom. The molecule has 0 aliphatic rings. The minimum absolute atomic E-state index is 0.437. The van der Waals surface area contributed by atoms with E-state index in [4.69, 9.17) is 5.11 Å². The van der Waals surface area contributed by atoms with E-state index in [0.29, 0.717) is 14.1 Å². The monoisotopic (exact) mass is 766 g/mol. The molecule has 0 saturated heterocycles. The summed E-state index contributed by atoms with van der Waals surface area (Å²) >= 11 is 0. The van der Waals surface area contributed by atoms with Crippen molar-refractivity contribution in [3.05, 3.63) is 0 Å². The Balaban J connectivity index is 7.19. The molecular weight excluding hydrogens is 753 g/mol. The van der Waals surface area contributed by atoms with Gasteiger partial charge in [-0.2, -0.15) is 115 Å². The first-order chi connectivity index (χ1) is 19.8. The van der Waals surface area contributed by atoms with Gasteiger partial charge in [0.2, 0.25) is 0 Å². The number of rotatable bonds is 14. The van der Waals surface area contributed by atoms with Crippen LogP contribution in [0.4, 0.5) is 115 Å². The fourth-order valence-corrected chi connectivity index (χ4v) is 3.08. The lowest BCUT2D eigenvalue weighted by atomic mass is 9.84. The highest BCUT2D eigenvalue weighted by Gasteiger charge is 2.99. The molecule has 4 nitrogen and oxygen atoms in total. The van der Waals surface area contributed by atoms with E-state index >= 15 is 0 Å². The number of likely N-dealkylation sites (N-methyl/N-ethyl adjacent to an activating group) is 1. The maximum atomic E-state index is 13.9. The first kappa shape index (κ1) is 44.6. The van der Waals surface area contributed by atoms with Gasteiger partial charge < -0.3 is 10.2 Å². The Labute approximate surface area is 241 Å². The molecule has 282 valence electrons. The molecule has 1 unspecified atom stereocenters. The highest BCUT2D eigenvalue weighted by atomic mass is 19.4.